The zero-order valence-corrected chi connectivity index (χ0v) is 21.7. The molecule has 0 amide bonds. The largest absolute Gasteiger partial charge is 0.378 e. The fraction of sp³-hybridized carbons (Fsp3) is 0.241. The summed E-state index contributed by atoms with van der Waals surface area (Å²) in [4.78, 5) is 20.7. The highest BCUT2D eigenvalue weighted by Gasteiger charge is 2.14. The van der Waals surface area contributed by atoms with Crippen molar-refractivity contribution in [2.75, 3.05) is 36.5 Å². The van der Waals surface area contributed by atoms with Gasteiger partial charge in [0.1, 0.15) is 17.5 Å². The Bertz CT molecular complexity index is 1530. The normalized spacial score (nSPS) is 14.6. The van der Waals surface area contributed by atoms with Crippen molar-refractivity contribution in [1.29, 1.82) is 0 Å². The first-order valence-corrected chi connectivity index (χ1v) is 13.4. The molecule has 8 heteroatoms. The molecule has 1 aliphatic heterocycles. The smallest absolute Gasteiger partial charge is 0.130 e. The molecule has 37 heavy (non-hydrogen) atoms. The van der Waals surface area contributed by atoms with Crippen LogP contribution in [-0.4, -0.2) is 46.2 Å². The summed E-state index contributed by atoms with van der Waals surface area (Å²) in [6, 6.07) is 21.2. The van der Waals surface area contributed by atoms with Crippen LogP contribution in [-0.2, 0) is 4.74 Å². The first-order valence-electron chi connectivity index (χ1n) is 12.5. The second-order valence-electron chi connectivity index (χ2n) is 9.22. The van der Waals surface area contributed by atoms with Gasteiger partial charge in [0.25, 0.3) is 0 Å². The summed E-state index contributed by atoms with van der Waals surface area (Å²) in [7, 11) is 0. The van der Waals surface area contributed by atoms with Gasteiger partial charge in [-0.1, -0.05) is 24.3 Å². The number of ether oxygens (including phenoxy) is 1. The van der Waals surface area contributed by atoms with Crippen LogP contribution in [0, 0.1) is 6.92 Å². The minimum Gasteiger partial charge on any atom is -0.378 e. The molecule has 0 bridgehead atoms. The molecule has 3 aromatic heterocycles. The molecular weight excluding hydrogens is 480 g/mol. The van der Waals surface area contributed by atoms with Crippen molar-refractivity contribution in [2.45, 2.75) is 19.9 Å². The van der Waals surface area contributed by atoms with Crippen LogP contribution < -0.4 is 10.2 Å². The van der Waals surface area contributed by atoms with Gasteiger partial charge in [-0.05, 0) is 55.3 Å². The Balaban J connectivity index is 1.21. The van der Waals surface area contributed by atoms with Gasteiger partial charge >= 0.3 is 0 Å². The van der Waals surface area contributed by atoms with E-state index in [-0.39, 0.29) is 6.04 Å². The van der Waals surface area contributed by atoms with Crippen molar-refractivity contribution >= 4 is 33.2 Å². The lowest BCUT2D eigenvalue weighted by atomic mass is 10.0. The zero-order chi connectivity index (χ0) is 25.2. The molecular formula is C29H28N6OS. The Hall–Kier alpha value is -3.88. The Labute approximate surface area is 220 Å². The monoisotopic (exact) mass is 508 g/mol. The molecule has 0 unspecified atom stereocenters. The summed E-state index contributed by atoms with van der Waals surface area (Å²) >= 11 is 1.64. The van der Waals surface area contributed by atoms with Gasteiger partial charge in [0, 0.05) is 42.5 Å². The number of morpholine rings is 1. The summed E-state index contributed by atoms with van der Waals surface area (Å²) in [5.41, 5.74) is 8.27. The highest BCUT2D eigenvalue weighted by atomic mass is 32.1. The summed E-state index contributed by atoms with van der Waals surface area (Å²) in [5.74, 6) is 2.54. The third-order valence-corrected chi connectivity index (χ3v) is 7.42. The lowest BCUT2D eigenvalue weighted by Gasteiger charge is -2.27. The molecule has 0 radical (unpaired) electrons. The van der Waals surface area contributed by atoms with E-state index in [9.17, 15) is 0 Å². The molecule has 0 spiro atoms. The molecule has 0 saturated carbocycles. The predicted octanol–water partition coefficient (Wildman–Crippen LogP) is 6.13. The average molecular weight is 509 g/mol. The molecule has 2 aromatic carbocycles. The van der Waals surface area contributed by atoms with Crippen LogP contribution in [0.15, 0.2) is 72.4 Å². The molecule has 1 N–H and O–H groups in total. The molecule has 186 valence electrons. The van der Waals surface area contributed by atoms with E-state index in [1.165, 1.54) is 5.56 Å². The van der Waals surface area contributed by atoms with Gasteiger partial charge in [0.15, 0.2) is 0 Å². The number of aryl methyl sites for hydroxylation is 1. The lowest BCUT2D eigenvalue weighted by molar-refractivity contribution is 0.122. The fourth-order valence-electron chi connectivity index (χ4n) is 4.63. The topological polar surface area (TPSA) is 76.1 Å². The van der Waals surface area contributed by atoms with E-state index in [1.54, 1.807) is 11.3 Å². The zero-order valence-electron chi connectivity index (χ0n) is 20.9. The van der Waals surface area contributed by atoms with Crippen LogP contribution in [0.2, 0.25) is 0 Å². The molecule has 7 nitrogen and oxygen atoms in total. The maximum absolute atomic E-state index is 5.45. The van der Waals surface area contributed by atoms with Gasteiger partial charge < -0.3 is 15.0 Å². The number of nitrogens with one attached hydrogen (secondary N) is 1. The average Bonchev–Trinajstić information content (AvgIpc) is 3.41. The molecule has 1 fully saturated rings. The molecule has 4 heterocycles. The number of thiazole rings is 1. The van der Waals surface area contributed by atoms with E-state index in [4.69, 9.17) is 9.72 Å². The first kappa shape index (κ1) is 23.5. The predicted molar refractivity (Wildman–Crippen MR) is 150 cm³/mol. The van der Waals surface area contributed by atoms with Gasteiger partial charge in [0.05, 0.1) is 34.6 Å². The third kappa shape index (κ3) is 5.16. The standard InChI is InChI=1S/C29H28N6OS/c1-19(32-28-16-26(33-20(2)34-28)23-6-8-25-27(15-23)37-18-31-25)21-4-3-5-22(14-21)24-7-9-29(30-17-24)35-10-12-36-13-11-35/h3-9,14-19H,10-13H2,1-2H3,(H,32,33,34)/t19-/m0/s1. The van der Waals surface area contributed by atoms with E-state index in [2.05, 4.69) is 80.6 Å². The number of aromatic nitrogens is 4. The quantitative estimate of drug-likeness (QED) is 0.295. The van der Waals surface area contributed by atoms with Crippen molar-refractivity contribution in [3.63, 3.8) is 0 Å². The van der Waals surface area contributed by atoms with Crippen molar-refractivity contribution in [3.05, 3.63) is 83.8 Å². The summed E-state index contributed by atoms with van der Waals surface area (Å²) in [5, 5.41) is 3.58. The number of rotatable bonds is 6. The SMILES string of the molecule is Cc1nc(N[C@@H](C)c2cccc(-c3ccc(N4CCOCC4)nc3)c2)cc(-c2ccc3ncsc3c2)n1. The van der Waals surface area contributed by atoms with E-state index >= 15 is 0 Å². The Morgan fingerprint density at radius 3 is 2.62 bits per heavy atom. The van der Waals surface area contributed by atoms with Crippen LogP contribution in [0.25, 0.3) is 32.6 Å². The minimum absolute atomic E-state index is 0.0617. The summed E-state index contributed by atoms with van der Waals surface area (Å²) in [6.07, 6.45) is 1.96. The van der Waals surface area contributed by atoms with Gasteiger partial charge in [0.2, 0.25) is 0 Å². The van der Waals surface area contributed by atoms with E-state index in [1.807, 2.05) is 30.8 Å². The second kappa shape index (κ2) is 10.2. The number of benzene rings is 2. The maximum Gasteiger partial charge on any atom is 0.130 e. The van der Waals surface area contributed by atoms with Gasteiger partial charge in [-0.25, -0.2) is 19.9 Å². The van der Waals surface area contributed by atoms with Crippen molar-refractivity contribution in [3.8, 4) is 22.4 Å². The maximum atomic E-state index is 5.45. The van der Waals surface area contributed by atoms with E-state index < -0.39 is 0 Å². The van der Waals surface area contributed by atoms with Crippen molar-refractivity contribution in [2.24, 2.45) is 0 Å². The number of fused-ring (bicyclic) bond motifs is 1. The van der Waals surface area contributed by atoms with Crippen molar-refractivity contribution < 1.29 is 4.74 Å². The van der Waals surface area contributed by atoms with Crippen LogP contribution in [0.4, 0.5) is 11.6 Å². The molecule has 1 saturated heterocycles. The number of hydrogen-bond donors (Lipinski definition) is 1. The minimum atomic E-state index is 0.0617. The van der Waals surface area contributed by atoms with Crippen LogP contribution >= 0.6 is 11.3 Å². The first-order chi connectivity index (χ1) is 18.1. The van der Waals surface area contributed by atoms with Crippen molar-refractivity contribution in [1.82, 2.24) is 19.9 Å². The summed E-state index contributed by atoms with van der Waals surface area (Å²) in [6.45, 7) is 7.36. The second-order valence-corrected chi connectivity index (χ2v) is 10.1. The Morgan fingerprint density at radius 1 is 0.919 bits per heavy atom. The number of nitrogens with zero attached hydrogens (tertiary/aromatic N) is 5. The molecule has 6 rings (SSSR count). The Kier molecular flexibility index (Phi) is 6.51. The van der Waals surface area contributed by atoms with Crippen LogP contribution in [0.5, 0.6) is 0 Å². The number of anilines is 2. The lowest BCUT2D eigenvalue weighted by Crippen LogP contribution is -2.36. The summed E-state index contributed by atoms with van der Waals surface area (Å²) < 4.78 is 6.61. The van der Waals surface area contributed by atoms with Gasteiger partial charge in [-0.3, -0.25) is 0 Å². The van der Waals surface area contributed by atoms with Gasteiger partial charge in [-0.2, -0.15) is 0 Å². The molecule has 1 atom stereocenters. The van der Waals surface area contributed by atoms with Crippen LogP contribution in [0.3, 0.4) is 0 Å². The van der Waals surface area contributed by atoms with E-state index in [0.717, 1.165) is 76.4 Å². The molecule has 5 aromatic rings. The third-order valence-electron chi connectivity index (χ3n) is 6.63. The number of pyridine rings is 1. The highest BCUT2D eigenvalue weighted by molar-refractivity contribution is 7.16. The molecule has 1 aliphatic rings. The van der Waals surface area contributed by atoms with Gasteiger partial charge in [-0.15, -0.1) is 11.3 Å². The number of hydrogen-bond acceptors (Lipinski definition) is 8. The van der Waals surface area contributed by atoms with E-state index in [0.29, 0.717) is 0 Å². The highest BCUT2D eigenvalue weighted by Crippen LogP contribution is 2.29. The fourth-order valence-corrected chi connectivity index (χ4v) is 5.35. The molecule has 0 aliphatic carbocycles. The van der Waals surface area contributed by atoms with Crippen LogP contribution in [0.1, 0.15) is 24.4 Å². The Morgan fingerprint density at radius 2 is 1.78 bits per heavy atom.